The second-order valence-corrected chi connectivity index (χ2v) is 10.2. The summed E-state index contributed by atoms with van der Waals surface area (Å²) < 4.78 is 38.0. The average molecular weight is 482 g/mol. The van der Waals surface area contributed by atoms with E-state index in [9.17, 15) is 22.8 Å². The van der Waals surface area contributed by atoms with Crippen molar-refractivity contribution in [3.8, 4) is 5.75 Å². The lowest BCUT2D eigenvalue weighted by Gasteiger charge is -2.21. The van der Waals surface area contributed by atoms with Crippen LogP contribution in [0.4, 0.5) is 4.79 Å². The molecule has 2 aliphatic rings. The maximum Gasteiger partial charge on any atom is 0.338 e. The molecule has 1 aromatic rings. The minimum atomic E-state index is -3.87. The van der Waals surface area contributed by atoms with Crippen molar-refractivity contribution in [2.75, 3.05) is 26.8 Å². The van der Waals surface area contributed by atoms with Crippen molar-refractivity contribution in [2.24, 2.45) is 0 Å². The zero-order valence-electron chi connectivity index (χ0n) is 18.8. The van der Waals surface area contributed by atoms with E-state index in [4.69, 9.17) is 9.47 Å². The van der Waals surface area contributed by atoms with Crippen LogP contribution >= 0.6 is 0 Å². The van der Waals surface area contributed by atoms with E-state index in [0.717, 1.165) is 51.4 Å². The van der Waals surface area contributed by atoms with E-state index in [1.165, 1.54) is 29.6 Å². The van der Waals surface area contributed by atoms with Gasteiger partial charge in [0.15, 0.2) is 6.61 Å². The summed E-state index contributed by atoms with van der Waals surface area (Å²) in [7, 11) is -2.52. The predicted octanol–water partition coefficient (Wildman–Crippen LogP) is 2.19. The van der Waals surface area contributed by atoms with Gasteiger partial charge in [-0.25, -0.2) is 18.0 Å². The topological polar surface area (TPSA) is 131 Å². The number of imide groups is 1. The Bertz CT molecular complexity index is 966. The fourth-order valence-corrected chi connectivity index (χ4v) is 5.79. The van der Waals surface area contributed by atoms with E-state index in [0.29, 0.717) is 13.1 Å². The fourth-order valence-electron chi connectivity index (χ4n) is 4.10. The number of hydrogen-bond acceptors (Lipinski definition) is 7. The molecule has 3 amide bonds. The first-order valence-corrected chi connectivity index (χ1v) is 12.7. The number of nitrogens with zero attached hydrogens (tertiary/aromatic N) is 1. The molecule has 1 saturated carbocycles. The minimum Gasteiger partial charge on any atom is -0.495 e. The van der Waals surface area contributed by atoms with E-state index in [2.05, 4.69) is 10.6 Å². The lowest BCUT2D eigenvalue weighted by Crippen LogP contribution is -2.45. The van der Waals surface area contributed by atoms with Crippen LogP contribution in [0.5, 0.6) is 5.75 Å². The third kappa shape index (κ3) is 6.67. The summed E-state index contributed by atoms with van der Waals surface area (Å²) in [6.07, 6.45) is 7.29. The van der Waals surface area contributed by atoms with Crippen LogP contribution in [0, 0.1) is 0 Å². The number of esters is 1. The first-order chi connectivity index (χ1) is 15.8. The molecular formula is C22H31N3O7S. The second kappa shape index (κ2) is 11.5. The maximum absolute atomic E-state index is 13.2. The SMILES string of the molecule is COc1ccc(C(=O)OCC(=O)NC(=O)NC2CCCC2)cc1S(=O)(=O)N1CCCCCC1. The number of carbonyl (C=O) groups is 3. The third-order valence-electron chi connectivity index (χ3n) is 5.86. The molecule has 2 N–H and O–H groups in total. The van der Waals surface area contributed by atoms with Gasteiger partial charge >= 0.3 is 12.0 Å². The zero-order chi connectivity index (χ0) is 23.8. The highest BCUT2D eigenvalue weighted by atomic mass is 32.2. The molecule has 0 spiro atoms. The molecule has 0 aromatic heterocycles. The number of hydrogen-bond donors (Lipinski definition) is 2. The highest BCUT2D eigenvalue weighted by Crippen LogP contribution is 2.29. The Kier molecular flexibility index (Phi) is 8.67. The zero-order valence-corrected chi connectivity index (χ0v) is 19.6. The number of amides is 3. The predicted molar refractivity (Wildman–Crippen MR) is 119 cm³/mol. The van der Waals surface area contributed by atoms with Crippen LogP contribution in [0.2, 0.25) is 0 Å². The first kappa shape index (κ1) is 25.0. The van der Waals surface area contributed by atoms with Gasteiger partial charge in [-0.05, 0) is 43.9 Å². The molecule has 1 aliphatic heterocycles. The Morgan fingerprint density at radius 2 is 1.70 bits per heavy atom. The number of rotatable bonds is 7. The summed E-state index contributed by atoms with van der Waals surface area (Å²) in [5.41, 5.74) is -0.0348. The fraction of sp³-hybridized carbons (Fsp3) is 0.591. The monoisotopic (exact) mass is 481 g/mol. The van der Waals surface area contributed by atoms with Gasteiger partial charge in [0, 0.05) is 19.1 Å². The summed E-state index contributed by atoms with van der Waals surface area (Å²) in [4.78, 5) is 36.2. The molecule has 2 fully saturated rings. The number of urea groups is 1. The van der Waals surface area contributed by atoms with Crippen molar-refractivity contribution in [3.05, 3.63) is 23.8 Å². The Morgan fingerprint density at radius 1 is 1.03 bits per heavy atom. The Balaban J connectivity index is 1.63. The van der Waals surface area contributed by atoms with Crippen LogP contribution in [-0.2, 0) is 19.6 Å². The van der Waals surface area contributed by atoms with Gasteiger partial charge in [-0.2, -0.15) is 4.31 Å². The van der Waals surface area contributed by atoms with Crippen molar-refractivity contribution in [1.82, 2.24) is 14.9 Å². The molecule has 0 radical (unpaired) electrons. The van der Waals surface area contributed by atoms with Crippen LogP contribution in [0.15, 0.2) is 23.1 Å². The second-order valence-electron chi connectivity index (χ2n) is 8.26. The molecule has 0 unspecified atom stereocenters. The van der Waals surface area contributed by atoms with Crippen molar-refractivity contribution in [3.63, 3.8) is 0 Å². The number of nitrogens with one attached hydrogen (secondary N) is 2. The lowest BCUT2D eigenvalue weighted by atomic mass is 10.2. The van der Waals surface area contributed by atoms with E-state index in [1.54, 1.807) is 0 Å². The number of benzene rings is 1. The summed E-state index contributed by atoms with van der Waals surface area (Å²) in [6, 6.07) is 3.37. The molecule has 0 atom stereocenters. The Hall–Kier alpha value is -2.66. The molecule has 1 aliphatic carbocycles. The molecule has 33 heavy (non-hydrogen) atoms. The molecular weight excluding hydrogens is 450 g/mol. The van der Waals surface area contributed by atoms with E-state index >= 15 is 0 Å². The molecule has 1 heterocycles. The number of sulfonamides is 1. The normalized spacial score (nSPS) is 17.7. The van der Waals surface area contributed by atoms with Gasteiger partial charge in [-0.15, -0.1) is 0 Å². The smallest absolute Gasteiger partial charge is 0.338 e. The molecule has 182 valence electrons. The van der Waals surface area contributed by atoms with Crippen LogP contribution < -0.4 is 15.4 Å². The first-order valence-electron chi connectivity index (χ1n) is 11.3. The van der Waals surface area contributed by atoms with Gasteiger partial charge in [0.2, 0.25) is 10.0 Å². The van der Waals surface area contributed by atoms with E-state index in [-0.39, 0.29) is 22.3 Å². The van der Waals surface area contributed by atoms with E-state index < -0.39 is 34.5 Å². The van der Waals surface area contributed by atoms with Gasteiger partial charge in [0.1, 0.15) is 10.6 Å². The Morgan fingerprint density at radius 3 is 2.33 bits per heavy atom. The van der Waals surface area contributed by atoms with Gasteiger partial charge in [-0.1, -0.05) is 25.7 Å². The summed E-state index contributed by atoms with van der Waals surface area (Å²) in [5, 5.41) is 4.83. The van der Waals surface area contributed by atoms with Gasteiger partial charge in [0.25, 0.3) is 5.91 Å². The summed E-state index contributed by atoms with van der Waals surface area (Å²) >= 11 is 0. The van der Waals surface area contributed by atoms with Crippen molar-refractivity contribution >= 4 is 27.9 Å². The Labute approximate surface area is 194 Å². The molecule has 1 saturated heterocycles. The highest BCUT2D eigenvalue weighted by Gasteiger charge is 2.29. The van der Waals surface area contributed by atoms with Gasteiger partial charge in [-0.3, -0.25) is 10.1 Å². The molecule has 10 nitrogen and oxygen atoms in total. The molecule has 0 bridgehead atoms. The van der Waals surface area contributed by atoms with Crippen molar-refractivity contribution < 1.29 is 32.3 Å². The maximum atomic E-state index is 13.2. The average Bonchev–Trinajstić information content (AvgIpc) is 3.14. The van der Waals surface area contributed by atoms with Crippen molar-refractivity contribution in [1.29, 1.82) is 0 Å². The number of ether oxygens (including phenoxy) is 2. The van der Waals surface area contributed by atoms with Crippen LogP contribution in [0.1, 0.15) is 61.7 Å². The lowest BCUT2D eigenvalue weighted by molar-refractivity contribution is -0.123. The molecule has 11 heteroatoms. The van der Waals surface area contributed by atoms with E-state index in [1.807, 2.05) is 0 Å². The summed E-state index contributed by atoms with van der Waals surface area (Å²) in [6.45, 7) is 0.143. The van der Waals surface area contributed by atoms with Crippen LogP contribution in [-0.4, -0.2) is 63.5 Å². The van der Waals surface area contributed by atoms with Crippen molar-refractivity contribution in [2.45, 2.75) is 62.3 Å². The number of carbonyl (C=O) groups excluding carboxylic acids is 3. The molecule has 3 rings (SSSR count). The largest absolute Gasteiger partial charge is 0.495 e. The number of methoxy groups -OCH3 is 1. The van der Waals surface area contributed by atoms with Gasteiger partial charge in [0.05, 0.1) is 12.7 Å². The molecule has 1 aromatic carbocycles. The van der Waals surface area contributed by atoms with Gasteiger partial charge < -0.3 is 14.8 Å². The minimum absolute atomic E-state index is 0.0348. The standard InChI is InChI=1S/C22H31N3O7S/c1-31-18-11-10-16(14-19(18)33(29,30)25-12-6-2-3-7-13-25)21(27)32-15-20(26)24-22(28)23-17-8-4-5-9-17/h10-11,14,17H,2-9,12-13,15H2,1H3,(H2,23,24,26,28). The highest BCUT2D eigenvalue weighted by molar-refractivity contribution is 7.89. The summed E-state index contributed by atoms with van der Waals surface area (Å²) in [5.74, 6) is -1.53. The van der Waals surface area contributed by atoms with Crippen LogP contribution in [0.25, 0.3) is 0 Å². The van der Waals surface area contributed by atoms with Crippen LogP contribution in [0.3, 0.4) is 0 Å². The quantitative estimate of drug-likeness (QED) is 0.571. The third-order valence-corrected chi connectivity index (χ3v) is 7.78.